The van der Waals surface area contributed by atoms with Crippen LogP contribution in [-0.2, 0) is 16.6 Å². The molecular formula is C24H27N3O4S. The summed E-state index contributed by atoms with van der Waals surface area (Å²) in [5.74, 6) is 1.28. The lowest BCUT2D eigenvalue weighted by molar-refractivity contribution is 0.356. The van der Waals surface area contributed by atoms with E-state index in [2.05, 4.69) is 17.9 Å². The number of nitrogens with zero attached hydrogens (tertiary/aromatic N) is 2. The van der Waals surface area contributed by atoms with Crippen LogP contribution in [0.1, 0.15) is 30.9 Å². The molecule has 1 aliphatic rings. The van der Waals surface area contributed by atoms with Crippen LogP contribution in [0.15, 0.2) is 53.6 Å². The second kappa shape index (κ2) is 8.80. The molecule has 0 atom stereocenters. The highest BCUT2D eigenvalue weighted by Gasteiger charge is 2.21. The van der Waals surface area contributed by atoms with Crippen LogP contribution < -0.4 is 19.5 Å². The molecule has 0 bridgehead atoms. The zero-order chi connectivity index (χ0) is 22.9. The molecule has 0 saturated heterocycles. The maximum atomic E-state index is 11.6. The third-order valence-corrected chi connectivity index (χ3v) is 6.72. The van der Waals surface area contributed by atoms with Crippen molar-refractivity contribution in [1.29, 1.82) is 0 Å². The highest BCUT2D eigenvalue weighted by Crippen LogP contribution is 2.40. The van der Waals surface area contributed by atoms with Crippen molar-refractivity contribution in [2.45, 2.75) is 31.2 Å². The number of methoxy groups -OCH3 is 2. The number of hydrogen-bond donors (Lipinski definition) is 1. The molecule has 0 fully saturated rings. The maximum Gasteiger partial charge on any atom is 0.238 e. The summed E-state index contributed by atoms with van der Waals surface area (Å²) in [7, 11) is -0.480. The van der Waals surface area contributed by atoms with Gasteiger partial charge in [0.15, 0.2) is 11.5 Å². The fourth-order valence-electron chi connectivity index (χ4n) is 4.12. The van der Waals surface area contributed by atoms with E-state index in [0.717, 1.165) is 47.1 Å². The number of primary sulfonamides is 1. The van der Waals surface area contributed by atoms with Crippen molar-refractivity contribution in [3.63, 3.8) is 0 Å². The fraction of sp³-hybridized carbons (Fsp3) is 0.292. The van der Waals surface area contributed by atoms with Crippen LogP contribution in [0.5, 0.6) is 11.5 Å². The normalized spacial score (nSPS) is 14.4. The van der Waals surface area contributed by atoms with Crippen LogP contribution in [0, 0.1) is 0 Å². The molecule has 0 radical (unpaired) electrons. The van der Waals surface area contributed by atoms with Crippen molar-refractivity contribution in [2.24, 2.45) is 5.14 Å². The SMILES string of the molecule is COc1cc2ncc3c(c2cc1OC)N(Cc1ccc(S(N)(=O)=O)cc1)CCCC=C3C. The Kier molecular flexibility index (Phi) is 6.08. The van der Waals surface area contributed by atoms with E-state index in [9.17, 15) is 8.42 Å². The first-order chi connectivity index (χ1) is 15.3. The lowest BCUT2D eigenvalue weighted by Crippen LogP contribution is -2.26. The second-order valence-corrected chi connectivity index (χ2v) is 9.45. The number of nitrogens with two attached hydrogens (primary N) is 1. The quantitative estimate of drug-likeness (QED) is 0.625. The number of allylic oxidation sites excluding steroid dienone is 2. The van der Waals surface area contributed by atoms with Crippen molar-refractivity contribution < 1.29 is 17.9 Å². The van der Waals surface area contributed by atoms with E-state index in [1.165, 1.54) is 5.57 Å². The molecule has 168 valence electrons. The molecule has 8 heteroatoms. The third kappa shape index (κ3) is 4.28. The van der Waals surface area contributed by atoms with Gasteiger partial charge in [0, 0.05) is 36.3 Å². The van der Waals surface area contributed by atoms with E-state index in [0.29, 0.717) is 18.0 Å². The number of benzene rings is 2. The van der Waals surface area contributed by atoms with Crippen LogP contribution in [0.3, 0.4) is 0 Å². The predicted molar refractivity (Wildman–Crippen MR) is 127 cm³/mol. The van der Waals surface area contributed by atoms with Crippen molar-refractivity contribution in [2.75, 3.05) is 25.7 Å². The van der Waals surface area contributed by atoms with Crippen LogP contribution in [-0.4, -0.2) is 34.2 Å². The Morgan fingerprint density at radius 3 is 2.44 bits per heavy atom. The van der Waals surface area contributed by atoms with Gasteiger partial charge in [0.2, 0.25) is 10.0 Å². The topological polar surface area (TPSA) is 94.8 Å². The van der Waals surface area contributed by atoms with E-state index in [1.54, 1.807) is 26.4 Å². The summed E-state index contributed by atoms with van der Waals surface area (Å²) in [6, 6.07) is 10.6. The van der Waals surface area contributed by atoms with Crippen molar-refractivity contribution >= 4 is 32.2 Å². The van der Waals surface area contributed by atoms with Crippen molar-refractivity contribution in [1.82, 2.24) is 4.98 Å². The van der Waals surface area contributed by atoms with Gasteiger partial charge in [0.05, 0.1) is 30.3 Å². The summed E-state index contributed by atoms with van der Waals surface area (Å²) >= 11 is 0. The Hall–Kier alpha value is -3.10. The molecule has 3 aromatic rings. The van der Waals surface area contributed by atoms with Crippen LogP contribution in [0.25, 0.3) is 16.5 Å². The predicted octanol–water partition coefficient (Wildman–Crippen LogP) is 4.10. The fourth-order valence-corrected chi connectivity index (χ4v) is 4.64. The van der Waals surface area contributed by atoms with Gasteiger partial charge in [-0.2, -0.15) is 0 Å². The minimum atomic E-state index is -3.72. The molecule has 1 aliphatic heterocycles. The van der Waals surface area contributed by atoms with Crippen LogP contribution >= 0.6 is 0 Å². The first-order valence-corrected chi connectivity index (χ1v) is 11.9. The second-order valence-electron chi connectivity index (χ2n) is 7.88. The number of hydrogen-bond acceptors (Lipinski definition) is 6. The van der Waals surface area contributed by atoms with Gasteiger partial charge in [0.1, 0.15) is 0 Å². The summed E-state index contributed by atoms with van der Waals surface area (Å²) in [5, 5.41) is 6.23. The largest absolute Gasteiger partial charge is 0.493 e. The first-order valence-electron chi connectivity index (χ1n) is 10.4. The van der Waals surface area contributed by atoms with Gasteiger partial charge < -0.3 is 14.4 Å². The molecule has 0 amide bonds. The zero-order valence-electron chi connectivity index (χ0n) is 18.5. The molecule has 2 N–H and O–H groups in total. The molecular weight excluding hydrogens is 426 g/mol. The number of sulfonamides is 1. The number of fused-ring (bicyclic) bond motifs is 3. The van der Waals surface area contributed by atoms with Crippen molar-refractivity contribution in [3.05, 3.63) is 59.8 Å². The lowest BCUT2D eigenvalue weighted by atomic mass is 9.98. The van der Waals surface area contributed by atoms with Gasteiger partial charge in [-0.3, -0.25) is 4.98 Å². The number of rotatable bonds is 5. The minimum absolute atomic E-state index is 0.111. The first kappa shape index (κ1) is 22.1. The summed E-state index contributed by atoms with van der Waals surface area (Å²) in [5.41, 5.74) is 5.16. The Morgan fingerprint density at radius 2 is 1.78 bits per heavy atom. The molecule has 0 saturated carbocycles. The molecule has 1 aromatic heterocycles. The van der Waals surface area contributed by atoms with Crippen molar-refractivity contribution in [3.8, 4) is 11.5 Å². The Bertz CT molecular complexity index is 1280. The lowest BCUT2D eigenvalue weighted by Gasteiger charge is -2.30. The van der Waals surface area contributed by atoms with Gasteiger partial charge in [-0.1, -0.05) is 18.2 Å². The summed E-state index contributed by atoms with van der Waals surface area (Å²) in [6.45, 7) is 3.58. The summed E-state index contributed by atoms with van der Waals surface area (Å²) in [4.78, 5) is 7.14. The molecule has 0 unspecified atom stereocenters. The summed E-state index contributed by atoms with van der Waals surface area (Å²) < 4.78 is 34.2. The van der Waals surface area contributed by atoms with Gasteiger partial charge in [0.25, 0.3) is 0 Å². The summed E-state index contributed by atoms with van der Waals surface area (Å²) in [6.07, 6.45) is 6.16. The Morgan fingerprint density at radius 1 is 1.09 bits per heavy atom. The average Bonchev–Trinajstić information content (AvgIpc) is 2.77. The van der Waals surface area contributed by atoms with Crippen LogP contribution in [0.2, 0.25) is 0 Å². The van der Waals surface area contributed by atoms with Crippen LogP contribution in [0.4, 0.5) is 5.69 Å². The molecule has 4 rings (SSSR count). The van der Waals surface area contributed by atoms with E-state index < -0.39 is 10.0 Å². The highest BCUT2D eigenvalue weighted by molar-refractivity contribution is 7.89. The van der Waals surface area contributed by atoms with E-state index in [4.69, 9.17) is 19.6 Å². The number of pyridine rings is 1. The van der Waals surface area contributed by atoms with E-state index >= 15 is 0 Å². The van der Waals surface area contributed by atoms with E-state index in [1.807, 2.05) is 30.5 Å². The Labute approximate surface area is 188 Å². The molecule has 0 spiro atoms. The monoisotopic (exact) mass is 453 g/mol. The Balaban J connectivity index is 1.85. The highest BCUT2D eigenvalue weighted by atomic mass is 32.2. The average molecular weight is 454 g/mol. The molecule has 7 nitrogen and oxygen atoms in total. The van der Waals surface area contributed by atoms with Gasteiger partial charge in [-0.15, -0.1) is 0 Å². The van der Waals surface area contributed by atoms with E-state index in [-0.39, 0.29) is 4.90 Å². The number of ether oxygens (including phenoxy) is 2. The molecule has 2 heterocycles. The standard InChI is InChI=1S/C24H27N3O4S/c1-16-6-4-5-11-27(15-17-7-9-18(10-8-17)32(25,28)29)24-19-12-22(30-2)23(31-3)13-21(19)26-14-20(16)24/h6-10,12-14H,4-5,11,15H2,1-3H3,(H2,25,28,29). The number of anilines is 1. The molecule has 2 aromatic carbocycles. The molecule has 0 aliphatic carbocycles. The van der Waals surface area contributed by atoms with Gasteiger partial charge in [-0.25, -0.2) is 13.6 Å². The minimum Gasteiger partial charge on any atom is -0.493 e. The molecule has 32 heavy (non-hydrogen) atoms. The maximum absolute atomic E-state index is 11.6. The van der Waals surface area contributed by atoms with Gasteiger partial charge >= 0.3 is 0 Å². The van der Waals surface area contributed by atoms with Gasteiger partial charge in [-0.05, 0) is 49.1 Å². The number of aromatic nitrogens is 1. The third-order valence-electron chi connectivity index (χ3n) is 5.79. The zero-order valence-corrected chi connectivity index (χ0v) is 19.3. The smallest absolute Gasteiger partial charge is 0.238 e.